The Labute approximate surface area is 117 Å². The summed E-state index contributed by atoms with van der Waals surface area (Å²) in [5.74, 6) is 1.55. The molecule has 2 atom stereocenters. The molecule has 108 valence electrons. The van der Waals surface area contributed by atoms with Crippen molar-refractivity contribution in [2.45, 2.75) is 32.4 Å². The van der Waals surface area contributed by atoms with Crippen LogP contribution in [0.2, 0.25) is 0 Å². The van der Waals surface area contributed by atoms with Crippen LogP contribution in [0.4, 0.5) is 4.79 Å². The van der Waals surface area contributed by atoms with Crippen LogP contribution < -0.4 is 10.6 Å². The molecule has 0 bridgehead atoms. The summed E-state index contributed by atoms with van der Waals surface area (Å²) < 4.78 is 7.02. The van der Waals surface area contributed by atoms with Gasteiger partial charge in [0.05, 0.1) is 12.3 Å². The SMILES string of the molecule is C[C@H](NC(=O)N[C@@H](C)Cc1ccco1)c1nncn1C. The van der Waals surface area contributed by atoms with Crippen molar-refractivity contribution in [2.24, 2.45) is 7.05 Å². The summed E-state index contributed by atoms with van der Waals surface area (Å²) in [6.45, 7) is 3.79. The fraction of sp³-hybridized carbons (Fsp3) is 0.462. The number of hydrogen-bond acceptors (Lipinski definition) is 4. The monoisotopic (exact) mass is 277 g/mol. The molecular formula is C13H19N5O2. The minimum atomic E-state index is -0.237. The lowest BCUT2D eigenvalue weighted by atomic mass is 10.2. The average Bonchev–Trinajstić information content (AvgIpc) is 2.99. The summed E-state index contributed by atoms with van der Waals surface area (Å²) in [4.78, 5) is 11.9. The molecule has 0 radical (unpaired) electrons. The lowest BCUT2D eigenvalue weighted by Gasteiger charge is -2.17. The number of amides is 2. The van der Waals surface area contributed by atoms with E-state index in [4.69, 9.17) is 4.42 Å². The first-order valence-corrected chi connectivity index (χ1v) is 6.49. The zero-order valence-electron chi connectivity index (χ0n) is 11.8. The molecule has 0 saturated heterocycles. The highest BCUT2D eigenvalue weighted by atomic mass is 16.3. The fourth-order valence-corrected chi connectivity index (χ4v) is 1.99. The maximum absolute atomic E-state index is 11.9. The molecule has 0 aliphatic carbocycles. The van der Waals surface area contributed by atoms with Crippen LogP contribution in [0, 0.1) is 0 Å². The number of urea groups is 1. The summed E-state index contributed by atoms with van der Waals surface area (Å²) in [6, 6.07) is 3.25. The van der Waals surface area contributed by atoms with Crippen molar-refractivity contribution in [3.05, 3.63) is 36.3 Å². The van der Waals surface area contributed by atoms with Crippen molar-refractivity contribution < 1.29 is 9.21 Å². The molecule has 0 aliphatic heterocycles. The Morgan fingerprint density at radius 1 is 1.45 bits per heavy atom. The van der Waals surface area contributed by atoms with Gasteiger partial charge in [-0.25, -0.2) is 4.79 Å². The molecule has 2 aromatic rings. The van der Waals surface area contributed by atoms with Gasteiger partial charge in [0.1, 0.15) is 12.1 Å². The van der Waals surface area contributed by atoms with Crippen LogP contribution in [-0.2, 0) is 13.5 Å². The van der Waals surface area contributed by atoms with Gasteiger partial charge in [-0.05, 0) is 26.0 Å². The number of hydrogen-bond donors (Lipinski definition) is 2. The third kappa shape index (κ3) is 3.59. The van der Waals surface area contributed by atoms with Crippen LogP contribution >= 0.6 is 0 Å². The van der Waals surface area contributed by atoms with E-state index in [0.717, 1.165) is 5.76 Å². The van der Waals surface area contributed by atoms with Crippen molar-refractivity contribution in [1.29, 1.82) is 0 Å². The van der Waals surface area contributed by atoms with Gasteiger partial charge in [0, 0.05) is 19.5 Å². The lowest BCUT2D eigenvalue weighted by molar-refractivity contribution is 0.233. The average molecular weight is 277 g/mol. The van der Waals surface area contributed by atoms with Crippen LogP contribution in [0.15, 0.2) is 29.1 Å². The molecule has 0 aromatic carbocycles. The van der Waals surface area contributed by atoms with Crippen LogP contribution in [0.5, 0.6) is 0 Å². The first-order valence-electron chi connectivity index (χ1n) is 6.49. The van der Waals surface area contributed by atoms with E-state index in [1.54, 1.807) is 17.2 Å². The molecule has 2 heterocycles. The van der Waals surface area contributed by atoms with E-state index in [1.807, 2.05) is 33.0 Å². The molecule has 2 N–H and O–H groups in total. The topological polar surface area (TPSA) is 85.0 Å². The van der Waals surface area contributed by atoms with Crippen LogP contribution in [0.1, 0.15) is 31.5 Å². The van der Waals surface area contributed by atoms with Gasteiger partial charge in [-0.1, -0.05) is 0 Å². The normalized spacial score (nSPS) is 13.8. The largest absolute Gasteiger partial charge is 0.469 e. The number of carbonyl (C=O) groups excluding carboxylic acids is 1. The van der Waals surface area contributed by atoms with Gasteiger partial charge in [-0.2, -0.15) is 0 Å². The van der Waals surface area contributed by atoms with Gasteiger partial charge >= 0.3 is 6.03 Å². The molecular weight excluding hydrogens is 258 g/mol. The number of aromatic nitrogens is 3. The van der Waals surface area contributed by atoms with Gasteiger partial charge in [0.15, 0.2) is 5.82 Å². The molecule has 2 rings (SSSR count). The number of carbonyl (C=O) groups is 1. The molecule has 0 aliphatic rings. The molecule has 2 amide bonds. The molecule has 0 saturated carbocycles. The maximum Gasteiger partial charge on any atom is 0.315 e. The minimum Gasteiger partial charge on any atom is -0.469 e. The highest BCUT2D eigenvalue weighted by molar-refractivity contribution is 5.74. The van der Waals surface area contributed by atoms with Crippen molar-refractivity contribution in [3.8, 4) is 0 Å². The second kappa shape index (κ2) is 6.23. The molecule has 0 spiro atoms. The van der Waals surface area contributed by atoms with E-state index >= 15 is 0 Å². The lowest BCUT2D eigenvalue weighted by Crippen LogP contribution is -2.43. The minimum absolute atomic E-state index is 0.0205. The Kier molecular flexibility index (Phi) is 4.39. The number of nitrogens with one attached hydrogen (secondary N) is 2. The summed E-state index contributed by atoms with van der Waals surface area (Å²) in [5, 5.41) is 13.4. The van der Waals surface area contributed by atoms with Crippen LogP contribution in [-0.4, -0.2) is 26.8 Å². The number of aryl methyl sites for hydroxylation is 1. The van der Waals surface area contributed by atoms with Crippen LogP contribution in [0.25, 0.3) is 0 Å². The summed E-state index contributed by atoms with van der Waals surface area (Å²) in [6.07, 6.45) is 3.88. The second-order valence-electron chi connectivity index (χ2n) is 4.82. The molecule has 7 heteroatoms. The Balaban J connectivity index is 1.81. The molecule has 0 fully saturated rings. The number of rotatable bonds is 5. The zero-order chi connectivity index (χ0) is 14.5. The molecule has 0 unspecified atom stereocenters. The quantitative estimate of drug-likeness (QED) is 0.865. The first-order chi connectivity index (χ1) is 9.56. The number of furan rings is 1. The highest BCUT2D eigenvalue weighted by Gasteiger charge is 2.15. The van der Waals surface area contributed by atoms with Crippen molar-refractivity contribution >= 4 is 6.03 Å². The van der Waals surface area contributed by atoms with Gasteiger partial charge in [-0.15, -0.1) is 10.2 Å². The summed E-state index contributed by atoms with van der Waals surface area (Å²) >= 11 is 0. The first kappa shape index (κ1) is 14.1. The third-order valence-electron chi connectivity index (χ3n) is 2.95. The predicted octanol–water partition coefficient (Wildman–Crippen LogP) is 1.40. The Bertz CT molecular complexity index is 549. The van der Waals surface area contributed by atoms with E-state index in [2.05, 4.69) is 20.8 Å². The van der Waals surface area contributed by atoms with Gasteiger partial charge in [0.2, 0.25) is 0 Å². The standard InChI is InChI=1S/C13H19N5O2/c1-9(7-11-5-4-6-20-11)15-13(19)16-10(2)12-17-14-8-18(12)3/h4-6,8-10H,7H2,1-3H3,(H2,15,16,19)/t9-,10-/m0/s1. The van der Waals surface area contributed by atoms with Gasteiger partial charge in [-0.3, -0.25) is 0 Å². The fourth-order valence-electron chi connectivity index (χ4n) is 1.99. The van der Waals surface area contributed by atoms with E-state index in [0.29, 0.717) is 12.2 Å². The molecule has 2 aromatic heterocycles. The van der Waals surface area contributed by atoms with Crippen molar-refractivity contribution in [2.75, 3.05) is 0 Å². The van der Waals surface area contributed by atoms with Crippen LogP contribution in [0.3, 0.4) is 0 Å². The van der Waals surface area contributed by atoms with E-state index in [-0.39, 0.29) is 18.1 Å². The highest BCUT2D eigenvalue weighted by Crippen LogP contribution is 2.07. The Morgan fingerprint density at radius 2 is 2.25 bits per heavy atom. The van der Waals surface area contributed by atoms with E-state index < -0.39 is 0 Å². The van der Waals surface area contributed by atoms with E-state index in [1.165, 1.54) is 0 Å². The third-order valence-corrected chi connectivity index (χ3v) is 2.95. The molecule has 7 nitrogen and oxygen atoms in total. The smallest absolute Gasteiger partial charge is 0.315 e. The van der Waals surface area contributed by atoms with E-state index in [9.17, 15) is 4.79 Å². The van der Waals surface area contributed by atoms with Crippen molar-refractivity contribution in [1.82, 2.24) is 25.4 Å². The zero-order valence-corrected chi connectivity index (χ0v) is 11.8. The summed E-state index contributed by atoms with van der Waals surface area (Å²) in [7, 11) is 1.84. The van der Waals surface area contributed by atoms with Crippen molar-refractivity contribution in [3.63, 3.8) is 0 Å². The van der Waals surface area contributed by atoms with Gasteiger partial charge in [0.25, 0.3) is 0 Å². The Morgan fingerprint density at radius 3 is 2.85 bits per heavy atom. The Hall–Kier alpha value is -2.31. The predicted molar refractivity (Wildman–Crippen MR) is 73.0 cm³/mol. The second-order valence-corrected chi connectivity index (χ2v) is 4.82. The van der Waals surface area contributed by atoms with Gasteiger partial charge < -0.3 is 19.6 Å². The summed E-state index contributed by atoms with van der Waals surface area (Å²) in [5.41, 5.74) is 0. The number of nitrogens with zero attached hydrogens (tertiary/aromatic N) is 3. The maximum atomic E-state index is 11.9. The molecule has 20 heavy (non-hydrogen) atoms.